The average molecular weight is 315 g/mol. The van der Waals surface area contributed by atoms with Gasteiger partial charge in [0.1, 0.15) is 12.4 Å². The van der Waals surface area contributed by atoms with Crippen LogP contribution in [0.4, 0.5) is 13.2 Å². The van der Waals surface area contributed by atoms with E-state index in [9.17, 15) is 13.2 Å². The minimum Gasteiger partial charge on any atom is -0.468 e. The number of alkyl halides is 3. The van der Waals surface area contributed by atoms with E-state index in [0.717, 1.165) is 0 Å². The highest BCUT2D eigenvalue weighted by atomic mass is 79.9. The standard InChI is InChI=1S/C10H10BrF3O3/c11-9-2-1-8(3-7(9)4-15)17-6-16-5-10(12,13)14/h1-3,15H,4-6H2. The monoisotopic (exact) mass is 314 g/mol. The lowest BCUT2D eigenvalue weighted by molar-refractivity contribution is -0.186. The SMILES string of the molecule is OCc1cc(OCOCC(F)(F)F)ccc1Br. The quantitative estimate of drug-likeness (QED) is 0.671. The summed E-state index contributed by atoms with van der Waals surface area (Å²) >= 11 is 3.20. The molecular formula is C10H10BrF3O3. The molecule has 0 aromatic heterocycles. The Morgan fingerprint density at radius 3 is 2.59 bits per heavy atom. The molecule has 0 heterocycles. The molecule has 0 spiro atoms. The van der Waals surface area contributed by atoms with Crippen LogP contribution in [-0.2, 0) is 11.3 Å². The van der Waals surface area contributed by atoms with Gasteiger partial charge in [0.15, 0.2) is 6.79 Å². The van der Waals surface area contributed by atoms with Crippen LogP contribution in [-0.4, -0.2) is 24.7 Å². The first-order valence-corrected chi connectivity index (χ1v) is 5.38. The van der Waals surface area contributed by atoms with Gasteiger partial charge >= 0.3 is 6.18 Å². The molecule has 0 saturated carbocycles. The summed E-state index contributed by atoms with van der Waals surface area (Å²) in [7, 11) is 0. The zero-order valence-electron chi connectivity index (χ0n) is 8.63. The third-order valence-electron chi connectivity index (χ3n) is 1.76. The molecule has 1 rings (SSSR count). The van der Waals surface area contributed by atoms with Crippen molar-refractivity contribution >= 4 is 15.9 Å². The Kier molecular flexibility index (Phi) is 5.23. The van der Waals surface area contributed by atoms with Crippen LogP contribution in [0.15, 0.2) is 22.7 Å². The van der Waals surface area contributed by atoms with E-state index in [0.29, 0.717) is 15.8 Å². The van der Waals surface area contributed by atoms with Crippen molar-refractivity contribution in [1.29, 1.82) is 0 Å². The summed E-state index contributed by atoms with van der Waals surface area (Å²) in [6, 6.07) is 4.70. The van der Waals surface area contributed by atoms with Crippen molar-refractivity contribution in [2.24, 2.45) is 0 Å². The third-order valence-corrected chi connectivity index (χ3v) is 2.54. The second-order valence-electron chi connectivity index (χ2n) is 3.14. The van der Waals surface area contributed by atoms with Crippen LogP contribution in [0, 0.1) is 0 Å². The highest BCUT2D eigenvalue weighted by molar-refractivity contribution is 9.10. The van der Waals surface area contributed by atoms with Crippen molar-refractivity contribution in [3.05, 3.63) is 28.2 Å². The Morgan fingerprint density at radius 2 is 2.00 bits per heavy atom. The van der Waals surface area contributed by atoms with Gasteiger partial charge in [-0.3, -0.25) is 0 Å². The number of aliphatic hydroxyl groups excluding tert-OH is 1. The molecule has 0 atom stereocenters. The number of aliphatic hydroxyl groups is 1. The molecule has 1 aromatic rings. The second-order valence-corrected chi connectivity index (χ2v) is 3.99. The normalized spacial score (nSPS) is 11.6. The number of rotatable bonds is 5. The van der Waals surface area contributed by atoms with Crippen molar-refractivity contribution in [2.75, 3.05) is 13.4 Å². The van der Waals surface area contributed by atoms with Crippen LogP contribution in [0.5, 0.6) is 5.75 Å². The zero-order valence-corrected chi connectivity index (χ0v) is 10.2. The third kappa shape index (κ3) is 5.38. The molecule has 0 aliphatic carbocycles. The summed E-state index contributed by atoms with van der Waals surface area (Å²) in [5.74, 6) is 0.333. The predicted octanol–water partition coefficient (Wildman–Crippen LogP) is 2.86. The number of ether oxygens (including phenoxy) is 2. The van der Waals surface area contributed by atoms with Crippen LogP contribution < -0.4 is 4.74 Å². The molecule has 1 N–H and O–H groups in total. The van der Waals surface area contributed by atoms with Crippen LogP contribution in [0.2, 0.25) is 0 Å². The highest BCUT2D eigenvalue weighted by Crippen LogP contribution is 2.22. The molecule has 3 nitrogen and oxygen atoms in total. The Labute approximate surface area is 104 Å². The van der Waals surface area contributed by atoms with E-state index in [1.54, 1.807) is 12.1 Å². The van der Waals surface area contributed by atoms with Gasteiger partial charge in [-0.05, 0) is 23.8 Å². The molecule has 7 heteroatoms. The van der Waals surface area contributed by atoms with E-state index in [1.165, 1.54) is 6.07 Å². The Bertz CT molecular complexity index is 368. The summed E-state index contributed by atoms with van der Waals surface area (Å²) in [5.41, 5.74) is 0.582. The summed E-state index contributed by atoms with van der Waals surface area (Å²) < 4.78 is 45.1. The summed E-state index contributed by atoms with van der Waals surface area (Å²) in [5, 5.41) is 8.96. The fourth-order valence-electron chi connectivity index (χ4n) is 1.03. The van der Waals surface area contributed by atoms with Crippen LogP contribution in [0.25, 0.3) is 0 Å². The molecule has 1 aromatic carbocycles. The van der Waals surface area contributed by atoms with E-state index in [-0.39, 0.29) is 6.61 Å². The maximum absolute atomic E-state index is 11.7. The Hall–Kier alpha value is -0.790. The van der Waals surface area contributed by atoms with Crippen molar-refractivity contribution in [1.82, 2.24) is 0 Å². The number of hydrogen-bond acceptors (Lipinski definition) is 3. The molecule has 0 amide bonds. The maximum Gasteiger partial charge on any atom is 0.411 e. The van der Waals surface area contributed by atoms with Gasteiger partial charge in [-0.2, -0.15) is 13.2 Å². The highest BCUT2D eigenvalue weighted by Gasteiger charge is 2.27. The molecule has 0 bridgehead atoms. The summed E-state index contributed by atoms with van der Waals surface area (Å²) in [6.07, 6.45) is -4.36. The minimum atomic E-state index is -4.36. The predicted molar refractivity (Wildman–Crippen MR) is 57.6 cm³/mol. The van der Waals surface area contributed by atoms with E-state index in [4.69, 9.17) is 9.84 Å². The van der Waals surface area contributed by atoms with Gasteiger partial charge in [-0.15, -0.1) is 0 Å². The number of halogens is 4. The summed E-state index contributed by atoms with van der Waals surface area (Å²) in [6.45, 7) is -2.04. The number of benzene rings is 1. The van der Waals surface area contributed by atoms with Crippen molar-refractivity contribution in [2.45, 2.75) is 12.8 Å². The molecule has 0 saturated heterocycles. The fourth-order valence-corrected chi connectivity index (χ4v) is 1.40. The van der Waals surface area contributed by atoms with Gasteiger partial charge in [-0.25, -0.2) is 0 Å². The average Bonchev–Trinajstić information content (AvgIpc) is 2.25. The van der Waals surface area contributed by atoms with Gasteiger partial charge < -0.3 is 14.6 Å². The van der Waals surface area contributed by atoms with E-state index < -0.39 is 19.6 Å². The van der Waals surface area contributed by atoms with E-state index >= 15 is 0 Å². The van der Waals surface area contributed by atoms with Crippen molar-refractivity contribution in [3.63, 3.8) is 0 Å². The molecular weight excluding hydrogens is 305 g/mol. The first-order valence-electron chi connectivity index (χ1n) is 4.59. The Morgan fingerprint density at radius 1 is 1.29 bits per heavy atom. The molecule has 17 heavy (non-hydrogen) atoms. The van der Waals surface area contributed by atoms with Crippen LogP contribution in [0.1, 0.15) is 5.56 Å². The van der Waals surface area contributed by atoms with Gasteiger partial charge in [-0.1, -0.05) is 15.9 Å². The lowest BCUT2D eigenvalue weighted by Crippen LogP contribution is -2.19. The van der Waals surface area contributed by atoms with Gasteiger partial charge in [0.25, 0.3) is 0 Å². The molecule has 96 valence electrons. The fraction of sp³-hybridized carbons (Fsp3) is 0.400. The molecule has 0 aliphatic rings. The summed E-state index contributed by atoms with van der Waals surface area (Å²) in [4.78, 5) is 0. The molecule has 0 radical (unpaired) electrons. The van der Waals surface area contributed by atoms with Gasteiger partial charge in [0.05, 0.1) is 6.61 Å². The molecule has 0 fully saturated rings. The topological polar surface area (TPSA) is 38.7 Å². The Balaban J connectivity index is 2.42. The van der Waals surface area contributed by atoms with Crippen molar-refractivity contribution in [3.8, 4) is 5.75 Å². The molecule has 0 aliphatic heterocycles. The maximum atomic E-state index is 11.7. The van der Waals surface area contributed by atoms with E-state index in [2.05, 4.69) is 20.7 Å². The van der Waals surface area contributed by atoms with E-state index in [1.807, 2.05) is 0 Å². The van der Waals surface area contributed by atoms with Gasteiger partial charge in [0.2, 0.25) is 0 Å². The zero-order chi connectivity index (χ0) is 12.9. The minimum absolute atomic E-state index is 0.193. The van der Waals surface area contributed by atoms with Gasteiger partial charge in [0, 0.05) is 4.47 Å². The first kappa shape index (κ1) is 14.3. The van der Waals surface area contributed by atoms with Crippen LogP contribution in [0.3, 0.4) is 0 Å². The second kappa shape index (κ2) is 6.23. The molecule has 0 unspecified atom stereocenters. The smallest absolute Gasteiger partial charge is 0.411 e. The largest absolute Gasteiger partial charge is 0.468 e. The lowest BCUT2D eigenvalue weighted by atomic mass is 10.2. The first-order chi connectivity index (χ1) is 7.92. The van der Waals surface area contributed by atoms with Crippen molar-refractivity contribution < 1.29 is 27.8 Å². The lowest BCUT2D eigenvalue weighted by Gasteiger charge is -2.10. The van der Waals surface area contributed by atoms with Crippen LogP contribution >= 0.6 is 15.9 Å². The number of hydrogen-bond donors (Lipinski definition) is 1.